The summed E-state index contributed by atoms with van der Waals surface area (Å²) in [6, 6.07) is 2.27. The van der Waals surface area contributed by atoms with Crippen LogP contribution in [0.15, 0.2) is 0 Å². The summed E-state index contributed by atoms with van der Waals surface area (Å²) in [6.45, 7) is 2.92. The number of hydrogen-bond donors (Lipinski definition) is 1. The first-order valence-corrected chi connectivity index (χ1v) is 6.41. The summed E-state index contributed by atoms with van der Waals surface area (Å²) < 4.78 is 4.80. The van der Waals surface area contributed by atoms with Gasteiger partial charge in [0.2, 0.25) is 0 Å². The van der Waals surface area contributed by atoms with E-state index in [1.807, 2.05) is 0 Å². The molecule has 1 aliphatic carbocycles. The number of methoxy groups -OCH3 is 1. The van der Waals surface area contributed by atoms with Gasteiger partial charge in [-0.1, -0.05) is 6.92 Å². The van der Waals surface area contributed by atoms with Crippen LogP contribution in [0, 0.1) is 28.6 Å². The van der Waals surface area contributed by atoms with Crippen molar-refractivity contribution in [2.75, 3.05) is 20.3 Å². The molecule has 5 nitrogen and oxygen atoms in total. The molecule has 0 aromatic carbocycles. The highest BCUT2D eigenvalue weighted by Crippen LogP contribution is 2.52. The van der Waals surface area contributed by atoms with Crippen molar-refractivity contribution in [2.45, 2.75) is 32.2 Å². The quantitative estimate of drug-likeness (QED) is 0.805. The van der Waals surface area contributed by atoms with Crippen LogP contribution in [-0.2, 0) is 4.74 Å². The van der Waals surface area contributed by atoms with E-state index in [4.69, 9.17) is 9.84 Å². The van der Waals surface area contributed by atoms with Crippen LogP contribution in [-0.4, -0.2) is 42.4 Å². The molecule has 18 heavy (non-hydrogen) atoms. The maximum absolute atomic E-state index is 11.8. The largest absolute Gasteiger partial charge is 0.453 e. The van der Waals surface area contributed by atoms with Crippen molar-refractivity contribution in [1.29, 1.82) is 5.26 Å². The Balaban J connectivity index is 2.24. The van der Waals surface area contributed by atoms with Crippen LogP contribution in [0.2, 0.25) is 0 Å². The number of ether oxygens (including phenoxy) is 1. The van der Waals surface area contributed by atoms with Crippen molar-refractivity contribution >= 4 is 6.09 Å². The summed E-state index contributed by atoms with van der Waals surface area (Å²) in [7, 11) is 1.37. The van der Waals surface area contributed by atoms with E-state index in [9.17, 15) is 10.1 Å². The van der Waals surface area contributed by atoms with E-state index in [0.29, 0.717) is 12.5 Å². The van der Waals surface area contributed by atoms with E-state index >= 15 is 0 Å². The molecular formula is C13H20N2O3. The Labute approximate surface area is 107 Å². The number of rotatable bonds is 2. The monoisotopic (exact) mass is 252 g/mol. The summed E-state index contributed by atoms with van der Waals surface area (Å²) in [5, 5.41) is 18.4. The van der Waals surface area contributed by atoms with E-state index in [1.165, 1.54) is 7.11 Å². The third-order valence-electron chi connectivity index (χ3n) is 4.65. The topological polar surface area (TPSA) is 73.6 Å². The molecule has 1 N–H and O–H groups in total. The molecule has 1 saturated carbocycles. The molecular weight excluding hydrogens is 232 g/mol. The summed E-state index contributed by atoms with van der Waals surface area (Å²) in [6.07, 6.45) is 2.02. The number of nitriles is 1. The summed E-state index contributed by atoms with van der Waals surface area (Å²) in [5.41, 5.74) is -0.0773. The van der Waals surface area contributed by atoms with Crippen LogP contribution in [0.3, 0.4) is 0 Å². The van der Waals surface area contributed by atoms with E-state index in [1.54, 1.807) is 4.90 Å². The number of fused-ring (bicyclic) bond motifs is 3. The molecule has 1 amide bonds. The van der Waals surface area contributed by atoms with Gasteiger partial charge in [0.05, 0.1) is 25.1 Å². The molecule has 3 fully saturated rings. The van der Waals surface area contributed by atoms with Crippen molar-refractivity contribution in [3.05, 3.63) is 0 Å². The second-order valence-electron chi connectivity index (χ2n) is 5.70. The maximum Gasteiger partial charge on any atom is 0.409 e. The number of carbonyl (C=O) groups excluding carboxylic acids is 1. The minimum Gasteiger partial charge on any atom is -0.453 e. The molecule has 2 heterocycles. The first-order valence-electron chi connectivity index (χ1n) is 6.41. The molecule has 5 heteroatoms. The lowest BCUT2D eigenvalue weighted by Crippen LogP contribution is -2.62. The van der Waals surface area contributed by atoms with Crippen LogP contribution in [0.1, 0.15) is 26.2 Å². The zero-order valence-electron chi connectivity index (χ0n) is 10.9. The van der Waals surface area contributed by atoms with Crippen LogP contribution in [0.25, 0.3) is 0 Å². The van der Waals surface area contributed by atoms with Gasteiger partial charge in [-0.2, -0.15) is 5.26 Å². The van der Waals surface area contributed by atoms with Crippen molar-refractivity contribution in [1.82, 2.24) is 4.90 Å². The highest BCUT2D eigenvalue weighted by molar-refractivity contribution is 5.68. The second-order valence-corrected chi connectivity index (χ2v) is 5.70. The number of piperidine rings is 2. The van der Waals surface area contributed by atoms with Gasteiger partial charge >= 0.3 is 6.09 Å². The molecule has 0 radical (unpaired) electrons. The molecule has 2 aliphatic heterocycles. The molecule has 100 valence electrons. The lowest BCUT2D eigenvalue weighted by molar-refractivity contribution is -0.0745. The average Bonchev–Trinajstić information content (AvgIpc) is 2.38. The normalized spacial score (nSPS) is 38.3. The predicted octanol–water partition coefficient (Wildman–Crippen LogP) is 1.38. The molecule has 0 unspecified atom stereocenters. The number of aliphatic hydroxyl groups is 1. The minimum absolute atomic E-state index is 0.0548. The molecule has 0 aromatic heterocycles. The third-order valence-corrected chi connectivity index (χ3v) is 4.65. The van der Waals surface area contributed by atoms with E-state index in [2.05, 4.69) is 13.0 Å². The zero-order valence-corrected chi connectivity index (χ0v) is 10.9. The van der Waals surface area contributed by atoms with Gasteiger partial charge in [-0.25, -0.2) is 4.79 Å². The van der Waals surface area contributed by atoms with Gasteiger partial charge in [-0.05, 0) is 30.6 Å². The van der Waals surface area contributed by atoms with E-state index in [-0.39, 0.29) is 30.1 Å². The lowest BCUT2D eigenvalue weighted by Gasteiger charge is -2.57. The fourth-order valence-corrected chi connectivity index (χ4v) is 3.66. The Morgan fingerprint density at radius 2 is 2.39 bits per heavy atom. The predicted molar refractivity (Wildman–Crippen MR) is 64.5 cm³/mol. The first-order chi connectivity index (χ1) is 8.55. The number of hydrogen-bond acceptors (Lipinski definition) is 4. The number of aliphatic hydroxyl groups excluding tert-OH is 1. The molecule has 3 aliphatic rings. The fourth-order valence-electron chi connectivity index (χ4n) is 3.66. The van der Waals surface area contributed by atoms with Crippen LogP contribution in [0.5, 0.6) is 0 Å². The summed E-state index contributed by atoms with van der Waals surface area (Å²) in [4.78, 5) is 13.5. The zero-order chi connectivity index (χ0) is 13.3. The fraction of sp³-hybridized carbons (Fsp3) is 0.846. The second kappa shape index (κ2) is 4.77. The van der Waals surface area contributed by atoms with Crippen LogP contribution < -0.4 is 0 Å². The van der Waals surface area contributed by atoms with Crippen LogP contribution in [0.4, 0.5) is 4.79 Å². The van der Waals surface area contributed by atoms with Crippen molar-refractivity contribution < 1.29 is 14.6 Å². The maximum atomic E-state index is 11.8. The van der Waals surface area contributed by atoms with Gasteiger partial charge in [0.25, 0.3) is 0 Å². The van der Waals surface area contributed by atoms with Crippen molar-refractivity contribution in [3.63, 3.8) is 0 Å². The van der Waals surface area contributed by atoms with Gasteiger partial charge in [-0.15, -0.1) is 0 Å². The number of nitrogens with zero attached hydrogens (tertiary/aromatic N) is 2. The van der Waals surface area contributed by atoms with E-state index < -0.39 is 0 Å². The summed E-state index contributed by atoms with van der Waals surface area (Å²) >= 11 is 0. The molecule has 2 saturated heterocycles. The van der Waals surface area contributed by atoms with Crippen molar-refractivity contribution in [2.24, 2.45) is 17.3 Å². The van der Waals surface area contributed by atoms with Gasteiger partial charge in [0, 0.05) is 13.2 Å². The minimum atomic E-state index is -0.339. The highest BCUT2D eigenvalue weighted by atomic mass is 16.5. The Bertz CT molecular complexity index is 379. The molecule has 2 bridgehead atoms. The Kier molecular flexibility index (Phi) is 3.49. The standard InChI is InChI=1S/C13H20N2O3/c1-13-6-9(7-14)11(5-10(13)3-4-16)15(8-13)12(17)18-2/h9-11,16H,3-6,8H2,1-2H3/t9-,10+,11+,13-/m0/s1. The third kappa shape index (κ3) is 1.95. The molecule has 4 atom stereocenters. The number of carbonyl (C=O) groups is 1. The molecule has 0 aromatic rings. The van der Waals surface area contributed by atoms with Gasteiger partial charge in [-0.3, -0.25) is 0 Å². The summed E-state index contributed by atoms with van der Waals surface area (Å²) in [5.74, 6) is 0.274. The SMILES string of the molecule is COC(=O)N1C[C@]2(C)C[C@@H](C#N)[C@H]1C[C@H]2CCO. The van der Waals surface area contributed by atoms with Crippen molar-refractivity contribution in [3.8, 4) is 6.07 Å². The van der Waals surface area contributed by atoms with E-state index in [0.717, 1.165) is 19.3 Å². The lowest BCUT2D eigenvalue weighted by atomic mass is 9.57. The Morgan fingerprint density at radius 3 is 2.89 bits per heavy atom. The average molecular weight is 252 g/mol. The van der Waals surface area contributed by atoms with Gasteiger partial charge in [0.1, 0.15) is 0 Å². The van der Waals surface area contributed by atoms with Gasteiger partial charge in [0.15, 0.2) is 0 Å². The molecule has 3 rings (SSSR count). The smallest absolute Gasteiger partial charge is 0.409 e. The number of amides is 1. The first kappa shape index (κ1) is 13.2. The van der Waals surface area contributed by atoms with Crippen LogP contribution >= 0.6 is 0 Å². The highest BCUT2D eigenvalue weighted by Gasteiger charge is 2.54. The molecule has 0 spiro atoms. The Hall–Kier alpha value is -1.28. The Morgan fingerprint density at radius 1 is 1.67 bits per heavy atom. The van der Waals surface area contributed by atoms with Gasteiger partial charge < -0.3 is 14.7 Å².